The zero-order chi connectivity index (χ0) is 31.6. The Kier molecular flexibility index (Phi) is 11.9. The van der Waals surface area contributed by atoms with Crippen LogP contribution in [0.15, 0.2) is 83.9 Å². The van der Waals surface area contributed by atoms with E-state index in [1.807, 2.05) is 113 Å². The van der Waals surface area contributed by atoms with E-state index >= 15 is 0 Å². The van der Waals surface area contributed by atoms with Gasteiger partial charge in [0, 0.05) is 11.7 Å². The first-order chi connectivity index (χ1) is 20.4. The molecule has 0 radical (unpaired) electrons. The van der Waals surface area contributed by atoms with Gasteiger partial charge >= 0.3 is 12.1 Å². The fraction of sp³-hybridized carbons (Fsp3) is 0.364. The Labute approximate surface area is 259 Å². The number of thioether (sulfide) groups is 1. The van der Waals surface area contributed by atoms with E-state index in [0.717, 1.165) is 22.0 Å². The number of urea groups is 1. The number of amidine groups is 1. The molecule has 2 N–H and O–H groups in total. The number of hydrogen-bond donors (Lipinski definition) is 2. The second-order valence-electron chi connectivity index (χ2n) is 11.3. The number of nitrogens with one attached hydrogen (secondary N) is 2. The number of ether oxygens (including phenoxy) is 2. The normalized spacial score (nSPS) is 14.4. The van der Waals surface area contributed by atoms with Gasteiger partial charge in [0.1, 0.15) is 5.75 Å². The van der Waals surface area contributed by atoms with E-state index in [1.165, 1.54) is 0 Å². The number of benzene rings is 3. The Morgan fingerprint density at radius 1 is 0.930 bits per heavy atom. The van der Waals surface area contributed by atoms with Crippen LogP contribution >= 0.6 is 11.8 Å². The lowest BCUT2D eigenvalue weighted by Gasteiger charge is -2.38. The standard InChI is InChI=1S/C17H20N2O3.C16H23N3OS/c1-12(2)22-17(20)19-18-15-11-14(9-10-16(15)21-3)13-7-5-4-6-8-13;1-12(2)19-14(17-16(3,4)5)21-11-18(15(19)20)13-9-7-6-8-10-13/h4-12,18H,1-3H3,(H,19,20);6-10,12H,11H2,1-5H3/b;17-14-. The van der Waals surface area contributed by atoms with Gasteiger partial charge in [-0.1, -0.05) is 66.4 Å². The average Bonchev–Trinajstić information content (AvgIpc) is 2.96. The van der Waals surface area contributed by atoms with Crippen molar-refractivity contribution >= 4 is 40.4 Å². The van der Waals surface area contributed by atoms with Crippen molar-refractivity contribution in [3.05, 3.63) is 78.9 Å². The summed E-state index contributed by atoms with van der Waals surface area (Å²) in [5.74, 6) is 1.23. The van der Waals surface area contributed by atoms with Gasteiger partial charge in [0.15, 0.2) is 5.17 Å². The van der Waals surface area contributed by atoms with Crippen molar-refractivity contribution in [3.63, 3.8) is 0 Å². The van der Waals surface area contributed by atoms with Gasteiger partial charge in [-0.2, -0.15) is 0 Å². The largest absolute Gasteiger partial charge is 0.495 e. The van der Waals surface area contributed by atoms with Crippen LogP contribution in [0.4, 0.5) is 21.0 Å². The molecule has 1 fully saturated rings. The first-order valence-corrected chi connectivity index (χ1v) is 15.2. The Morgan fingerprint density at radius 2 is 1.56 bits per heavy atom. The second kappa shape index (κ2) is 15.3. The molecule has 3 amide bonds. The third kappa shape index (κ3) is 9.95. The van der Waals surface area contributed by atoms with Crippen LogP contribution < -0.4 is 20.5 Å². The summed E-state index contributed by atoms with van der Waals surface area (Å²) in [6, 6.07) is 25.5. The van der Waals surface area contributed by atoms with Crippen molar-refractivity contribution in [2.24, 2.45) is 4.99 Å². The molecule has 0 spiro atoms. The molecule has 0 unspecified atom stereocenters. The average molecular weight is 606 g/mol. The molecule has 0 atom stereocenters. The SMILES string of the molecule is CC(C)N1C(=O)N(c2ccccc2)CS/C1=N\C(C)(C)C.COc1ccc(-c2ccccc2)cc1NNC(=O)OC(C)C. The molecule has 1 heterocycles. The van der Waals surface area contributed by atoms with Gasteiger partial charge < -0.3 is 9.47 Å². The van der Waals surface area contributed by atoms with E-state index in [0.29, 0.717) is 17.3 Å². The number of amides is 3. The lowest BCUT2D eigenvalue weighted by Crippen LogP contribution is -2.53. The number of nitrogens with zero attached hydrogens (tertiary/aromatic N) is 3. The van der Waals surface area contributed by atoms with Crippen LogP contribution in [0.25, 0.3) is 11.1 Å². The molecule has 0 saturated carbocycles. The maximum Gasteiger partial charge on any atom is 0.426 e. The highest BCUT2D eigenvalue weighted by atomic mass is 32.2. The topological polar surface area (TPSA) is 95.5 Å². The smallest absolute Gasteiger partial charge is 0.426 e. The lowest BCUT2D eigenvalue weighted by atomic mass is 10.1. The number of hydrogen-bond acceptors (Lipinski definition) is 7. The highest BCUT2D eigenvalue weighted by Gasteiger charge is 2.34. The van der Waals surface area contributed by atoms with E-state index in [2.05, 4.69) is 10.9 Å². The van der Waals surface area contributed by atoms with Crippen LogP contribution in [0.5, 0.6) is 5.75 Å². The van der Waals surface area contributed by atoms with E-state index in [1.54, 1.807) is 42.5 Å². The zero-order valence-electron chi connectivity index (χ0n) is 26.3. The van der Waals surface area contributed by atoms with Crippen molar-refractivity contribution in [1.29, 1.82) is 0 Å². The maximum absolute atomic E-state index is 12.8. The minimum Gasteiger partial charge on any atom is -0.495 e. The number of methoxy groups -OCH3 is 1. The highest BCUT2D eigenvalue weighted by molar-refractivity contribution is 8.14. The fourth-order valence-corrected chi connectivity index (χ4v) is 5.31. The van der Waals surface area contributed by atoms with E-state index in [9.17, 15) is 9.59 Å². The van der Waals surface area contributed by atoms with Gasteiger partial charge in [0.2, 0.25) is 0 Å². The summed E-state index contributed by atoms with van der Waals surface area (Å²) < 4.78 is 10.3. The van der Waals surface area contributed by atoms with Crippen LogP contribution in [0.1, 0.15) is 48.5 Å². The molecule has 0 aliphatic carbocycles. The van der Waals surface area contributed by atoms with E-state index in [-0.39, 0.29) is 23.7 Å². The van der Waals surface area contributed by atoms with Gasteiger partial charge in [-0.05, 0) is 83.9 Å². The number of carbonyl (C=O) groups excluding carboxylic acids is 2. The molecule has 1 aliphatic heterocycles. The van der Waals surface area contributed by atoms with Crippen LogP contribution in [-0.4, -0.2) is 52.9 Å². The van der Waals surface area contributed by atoms with Gasteiger partial charge in [0.25, 0.3) is 0 Å². The van der Waals surface area contributed by atoms with Crippen LogP contribution in [-0.2, 0) is 4.74 Å². The predicted octanol–water partition coefficient (Wildman–Crippen LogP) is 8.01. The first kappa shape index (κ1) is 33.3. The van der Waals surface area contributed by atoms with Crippen LogP contribution in [0.3, 0.4) is 0 Å². The Hall–Kier alpha value is -4.18. The van der Waals surface area contributed by atoms with E-state index in [4.69, 9.17) is 14.5 Å². The zero-order valence-corrected chi connectivity index (χ0v) is 27.1. The summed E-state index contributed by atoms with van der Waals surface area (Å²) >= 11 is 1.61. The highest BCUT2D eigenvalue weighted by Crippen LogP contribution is 2.31. The summed E-state index contributed by atoms with van der Waals surface area (Å²) in [6.07, 6.45) is -0.721. The molecule has 3 aromatic rings. The lowest BCUT2D eigenvalue weighted by molar-refractivity contribution is 0.117. The molecule has 230 valence electrons. The number of carbonyl (C=O) groups is 2. The first-order valence-electron chi connectivity index (χ1n) is 14.2. The molecule has 0 bridgehead atoms. The van der Waals surface area contributed by atoms with Gasteiger partial charge in [-0.15, -0.1) is 0 Å². The monoisotopic (exact) mass is 605 g/mol. The third-order valence-corrected chi connectivity index (χ3v) is 6.86. The molecule has 9 nitrogen and oxygen atoms in total. The second-order valence-corrected chi connectivity index (χ2v) is 12.2. The molecular weight excluding hydrogens is 562 g/mol. The van der Waals surface area contributed by atoms with Crippen molar-refractivity contribution in [2.75, 3.05) is 23.3 Å². The Bertz CT molecular complexity index is 1380. The molecular formula is C33H43N5O4S. The molecule has 0 aromatic heterocycles. The number of hydrazine groups is 1. The van der Waals surface area contributed by atoms with E-state index < -0.39 is 6.09 Å². The molecule has 10 heteroatoms. The van der Waals surface area contributed by atoms with Crippen molar-refractivity contribution in [1.82, 2.24) is 10.3 Å². The summed E-state index contributed by atoms with van der Waals surface area (Å²) in [7, 11) is 1.58. The van der Waals surface area contributed by atoms with Crippen molar-refractivity contribution in [3.8, 4) is 16.9 Å². The van der Waals surface area contributed by atoms with Crippen LogP contribution in [0, 0.1) is 0 Å². The third-order valence-electron chi connectivity index (χ3n) is 5.93. The minimum absolute atomic E-state index is 0.00190. The van der Waals surface area contributed by atoms with Crippen molar-refractivity contribution < 1.29 is 19.1 Å². The maximum atomic E-state index is 12.8. The Balaban J connectivity index is 0.000000236. The number of para-hydroxylation sites is 1. The quantitative estimate of drug-likeness (QED) is 0.265. The summed E-state index contributed by atoms with van der Waals surface area (Å²) in [4.78, 5) is 32.7. The molecule has 1 aliphatic rings. The summed E-state index contributed by atoms with van der Waals surface area (Å²) in [6.45, 7) is 13.8. The fourth-order valence-electron chi connectivity index (χ4n) is 4.04. The molecule has 3 aromatic carbocycles. The van der Waals surface area contributed by atoms with Gasteiger partial charge in [-0.3, -0.25) is 20.2 Å². The Morgan fingerprint density at radius 3 is 2.12 bits per heavy atom. The number of aliphatic imine (C=N–C) groups is 1. The summed E-state index contributed by atoms with van der Waals surface area (Å²) in [5.41, 5.74) is 8.81. The van der Waals surface area contributed by atoms with Gasteiger partial charge in [-0.25, -0.2) is 15.0 Å². The van der Waals surface area contributed by atoms with Crippen molar-refractivity contribution in [2.45, 2.75) is 66.2 Å². The van der Waals surface area contributed by atoms with Crippen LogP contribution in [0.2, 0.25) is 0 Å². The minimum atomic E-state index is -0.540. The molecule has 4 rings (SSSR count). The summed E-state index contributed by atoms with van der Waals surface area (Å²) in [5, 5.41) is 0.815. The molecule has 1 saturated heterocycles. The number of anilines is 2. The van der Waals surface area contributed by atoms with Gasteiger partial charge in [0.05, 0.1) is 30.3 Å². The molecule has 43 heavy (non-hydrogen) atoms. The number of rotatable bonds is 7. The predicted molar refractivity (Wildman–Crippen MR) is 178 cm³/mol.